The Balaban J connectivity index is 0.000000169. The zero-order valence-electron chi connectivity index (χ0n) is 51.3. The number of rotatable bonds is 32. The third kappa shape index (κ3) is 12.3. The molecule has 12 fully saturated rings. The zero-order chi connectivity index (χ0) is 56.0. The Morgan fingerprint density at radius 3 is 0.938 bits per heavy atom. The first-order valence-electron chi connectivity index (χ1n) is 33.0. The molecule has 17 unspecified atom stereocenters. The predicted octanol–water partition coefficient (Wildman–Crippen LogP) is 10.0. The Morgan fingerprint density at radius 1 is 0.350 bits per heavy atom. The molecular formula is C66H112O14. The van der Waals surface area contributed by atoms with Gasteiger partial charge in [0, 0.05) is 32.5 Å². The van der Waals surface area contributed by atoms with Crippen LogP contribution in [0.2, 0.25) is 0 Å². The van der Waals surface area contributed by atoms with Crippen molar-refractivity contribution in [3.63, 3.8) is 0 Å². The summed E-state index contributed by atoms with van der Waals surface area (Å²) in [5, 5.41) is 21.0. The van der Waals surface area contributed by atoms with Crippen LogP contribution in [-0.2, 0) is 56.8 Å². The van der Waals surface area contributed by atoms with Crippen LogP contribution in [0.1, 0.15) is 171 Å². The van der Waals surface area contributed by atoms with Gasteiger partial charge in [-0.1, -0.05) is 55.4 Å². The van der Waals surface area contributed by atoms with Gasteiger partial charge < -0.3 is 67.1 Å². The van der Waals surface area contributed by atoms with Gasteiger partial charge in [0.2, 0.25) is 0 Å². The monoisotopic (exact) mass is 1130 g/mol. The fourth-order valence-corrected chi connectivity index (χ4v) is 17.4. The number of hydrogen-bond donors (Lipinski definition) is 2. The zero-order valence-corrected chi connectivity index (χ0v) is 51.3. The van der Waals surface area contributed by atoms with Crippen molar-refractivity contribution >= 4 is 0 Å². The highest BCUT2D eigenvalue weighted by molar-refractivity contribution is 5.08. The highest BCUT2D eigenvalue weighted by atomic mass is 16.5. The third-order valence-electron chi connectivity index (χ3n) is 25.1. The SMILES string of the molecule is CCC1(COC2CC3(C)CC2CC3OCC(CC)(CO)COC2CC3(C)CC2CC3OCC2(CC)COC2)COC1.CCC1(COC2CC3CC2CC3OCC(CC)(CO)COC2CC3CC2CC3OCC2(CC)COC2)COC1. The summed E-state index contributed by atoms with van der Waals surface area (Å²) in [4.78, 5) is 0. The van der Waals surface area contributed by atoms with E-state index in [2.05, 4.69) is 55.4 Å². The Hall–Kier alpha value is -0.560. The fraction of sp³-hybridized carbons (Fsp3) is 1.00. The van der Waals surface area contributed by atoms with Crippen LogP contribution in [0.4, 0.5) is 0 Å². The van der Waals surface area contributed by atoms with E-state index in [0.717, 1.165) is 169 Å². The Labute approximate surface area is 482 Å². The first-order valence-corrected chi connectivity index (χ1v) is 33.0. The van der Waals surface area contributed by atoms with Crippen LogP contribution < -0.4 is 0 Å². The molecule has 0 aromatic rings. The molecule has 4 heterocycles. The second kappa shape index (κ2) is 24.9. The maximum absolute atomic E-state index is 10.6. The first-order chi connectivity index (χ1) is 38.6. The minimum Gasteiger partial charge on any atom is -0.396 e. The second-order valence-electron chi connectivity index (χ2n) is 30.7. The Morgan fingerprint density at radius 2 is 0.650 bits per heavy atom. The van der Waals surface area contributed by atoms with Gasteiger partial charge in [0.05, 0.1) is 168 Å². The van der Waals surface area contributed by atoms with E-state index >= 15 is 0 Å². The highest BCUT2D eigenvalue weighted by Crippen LogP contribution is 2.59. The summed E-state index contributed by atoms with van der Waals surface area (Å²) in [6.07, 6.45) is 22.3. The summed E-state index contributed by atoms with van der Waals surface area (Å²) >= 11 is 0. The van der Waals surface area contributed by atoms with Gasteiger partial charge in [0.1, 0.15) is 0 Å². The summed E-state index contributed by atoms with van der Waals surface area (Å²) in [6, 6.07) is 0. The van der Waals surface area contributed by atoms with Crippen molar-refractivity contribution in [1.29, 1.82) is 0 Å². The van der Waals surface area contributed by atoms with Crippen molar-refractivity contribution in [3.8, 4) is 0 Å². The van der Waals surface area contributed by atoms with Crippen molar-refractivity contribution in [1.82, 2.24) is 0 Å². The molecule has 14 heteroatoms. The number of aliphatic hydroxyl groups excluding tert-OH is 2. The van der Waals surface area contributed by atoms with E-state index in [1.165, 1.54) is 25.7 Å². The van der Waals surface area contributed by atoms with E-state index < -0.39 is 0 Å². The van der Waals surface area contributed by atoms with Gasteiger partial charge in [0.15, 0.2) is 0 Å². The van der Waals surface area contributed by atoms with Gasteiger partial charge in [0.25, 0.3) is 0 Å². The van der Waals surface area contributed by atoms with E-state index in [0.29, 0.717) is 98.6 Å². The number of hydrogen-bond acceptors (Lipinski definition) is 14. The maximum Gasteiger partial charge on any atom is 0.0633 e. The van der Waals surface area contributed by atoms with Gasteiger partial charge in [-0.2, -0.15) is 0 Å². The lowest BCUT2D eigenvalue weighted by Gasteiger charge is -2.43. The molecule has 0 aromatic heterocycles. The molecule has 17 atom stereocenters. The molecule has 80 heavy (non-hydrogen) atoms. The van der Waals surface area contributed by atoms with Gasteiger partial charge in [-0.05, 0) is 162 Å². The second-order valence-corrected chi connectivity index (χ2v) is 30.7. The molecule has 14 nitrogen and oxygen atoms in total. The smallest absolute Gasteiger partial charge is 0.0633 e. The minimum atomic E-state index is -0.345. The van der Waals surface area contributed by atoms with E-state index in [9.17, 15) is 10.2 Å². The van der Waals surface area contributed by atoms with Crippen molar-refractivity contribution in [3.05, 3.63) is 0 Å². The van der Waals surface area contributed by atoms with E-state index in [-0.39, 0.29) is 68.7 Å². The van der Waals surface area contributed by atoms with Crippen molar-refractivity contribution in [2.45, 2.75) is 220 Å². The molecule has 0 amide bonds. The average molecular weight is 1130 g/mol. The number of ether oxygens (including phenoxy) is 12. The lowest BCUT2D eigenvalue weighted by molar-refractivity contribution is -0.177. The van der Waals surface area contributed by atoms with Crippen molar-refractivity contribution in [2.75, 3.05) is 119 Å². The molecule has 2 N–H and O–H groups in total. The Bertz CT molecular complexity index is 1900. The van der Waals surface area contributed by atoms with Crippen LogP contribution in [0.5, 0.6) is 0 Å². The first kappa shape index (κ1) is 61.1. The van der Waals surface area contributed by atoms with Gasteiger partial charge in [-0.3, -0.25) is 0 Å². The molecule has 4 aliphatic heterocycles. The van der Waals surface area contributed by atoms with Crippen molar-refractivity contribution in [2.24, 2.45) is 78.8 Å². The van der Waals surface area contributed by atoms with Crippen LogP contribution in [-0.4, -0.2) is 178 Å². The van der Waals surface area contributed by atoms with E-state index in [1.54, 1.807) is 0 Å². The molecule has 0 radical (unpaired) electrons. The molecule has 12 rings (SSSR count). The third-order valence-corrected chi connectivity index (χ3v) is 25.1. The Kier molecular flexibility index (Phi) is 19.0. The fourth-order valence-electron chi connectivity index (χ4n) is 17.4. The van der Waals surface area contributed by atoms with E-state index in [4.69, 9.17) is 56.8 Å². The highest BCUT2D eigenvalue weighted by Gasteiger charge is 2.58. The predicted molar refractivity (Wildman–Crippen MR) is 304 cm³/mol. The van der Waals surface area contributed by atoms with Crippen LogP contribution in [0.3, 0.4) is 0 Å². The molecule has 8 bridgehead atoms. The quantitative estimate of drug-likeness (QED) is 0.0658. The number of aliphatic hydroxyl groups is 2. The largest absolute Gasteiger partial charge is 0.396 e. The molecule has 12 aliphatic rings. The lowest BCUT2D eigenvalue weighted by Crippen LogP contribution is -2.48. The molecule has 0 aromatic carbocycles. The summed E-state index contributed by atoms with van der Waals surface area (Å²) < 4.78 is 74.4. The van der Waals surface area contributed by atoms with Crippen LogP contribution in [0, 0.1) is 78.8 Å². The molecule has 8 aliphatic carbocycles. The van der Waals surface area contributed by atoms with Gasteiger partial charge in [-0.15, -0.1) is 0 Å². The summed E-state index contributed by atoms with van der Waals surface area (Å²) in [7, 11) is 0. The van der Waals surface area contributed by atoms with Crippen molar-refractivity contribution < 1.29 is 67.1 Å². The van der Waals surface area contributed by atoms with E-state index in [1.807, 2.05) is 0 Å². The topological polar surface area (TPSA) is 151 Å². The maximum atomic E-state index is 10.6. The molecule has 460 valence electrons. The summed E-state index contributed by atoms with van der Waals surface area (Å²) in [6.45, 7) is 30.8. The molecule has 4 saturated heterocycles. The number of fused-ring (bicyclic) bond motifs is 8. The summed E-state index contributed by atoms with van der Waals surface area (Å²) in [5.41, 5.74) is 0.699. The molecule has 0 spiro atoms. The normalized spacial score (nSPS) is 42.1. The standard InChI is InChI=1S/C34H58O7.C32H54O7/c1-6-32(15-35,20-38-26-13-31(5)11-24(26)10-29(31)41-23-34(8-3)18-37-19-34)21-40-28-9-25-12-30(28,4)14-27(25)39-22-33(7-2)16-36-17-33;1-4-30(13-33,18-36-26-9-24-7-22(26)11-28(24)38-20-31(5-2)14-34-15-31)19-37-27-10-25-8-23(27)12-29(25)39-21-32(6-3)16-35-17-32/h24-29,35H,6-23H2,1-5H3;22-29,33H,4-21H2,1-3H3. The molecule has 8 saturated carbocycles. The molecular weight excluding hydrogens is 1020 g/mol. The van der Waals surface area contributed by atoms with Gasteiger partial charge in [-0.25, -0.2) is 0 Å². The average Bonchev–Trinajstić information content (AvgIpc) is 4.42. The lowest BCUT2D eigenvalue weighted by atomic mass is 9.81. The summed E-state index contributed by atoms with van der Waals surface area (Å²) in [5.74, 6) is 3.54. The van der Waals surface area contributed by atoms with Gasteiger partial charge >= 0.3 is 0 Å². The van der Waals surface area contributed by atoms with Crippen LogP contribution >= 0.6 is 0 Å². The van der Waals surface area contributed by atoms with Crippen LogP contribution in [0.25, 0.3) is 0 Å². The minimum absolute atomic E-state index is 0.102. The van der Waals surface area contributed by atoms with Crippen LogP contribution in [0.15, 0.2) is 0 Å².